The molecule has 34 heavy (non-hydrogen) atoms. The molecule has 0 radical (unpaired) electrons. The van der Waals surface area contributed by atoms with E-state index in [1.807, 2.05) is 12.1 Å². The zero-order valence-corrected chi connectivity index (χ0v) is 19.2. The van der Waals surface area contributed by atoms with Crippen LogP contribution in [0.2, 0.25) is 5.02 Å². The predicted octanol–water partition coefficient (Wildman–Crippen LogP) is 6.01. The second-order valence-corrected chi connectivity index (χ2v) is 9.05. The predicted molar refractivity (Wildman–Crippen MR) is 129 cm³/mol. The number of carbonyl (C=O) groups is 2. The lowest BCUT2D eigenvalue weighted by Crippen LogP contribution is -2.33. The maximum atomic E-state index is 13.0. The normalized spacial score (nSPS) is 15.3. The molecule has 2 heterocycles. The summed E-state index contributed by atoms with van der Waals surface area (Å²) in [6, 6.07) is 12.7. The summed E-state index contributed by atoms with van der Waals surface area (Å²) >= 11 is 5.91. The van der Waals surface area contributed by atoms with Gasteiger partial charge in [0.15, 0.2) is 6.04 Å². The smallest absolute Gasteiger partial charge is 0.330 e. The van der Waals surface area contributed by atoms with Crippen LogP contribution >= 0.6 is 11.6 Å². The summed E-state index contributed by atoms with van der Waals surface area (Å²) in [6.07, 6.45) is 9.07. The van der Waals surface area contributed by atoms with Crippen LogP contribution in [0.1, 0.15) is 60.1 Å². The Morgan fingerprint density at radius 3 is 2.53 bits per heavy atom. The van der Waals surface area contributed by atoms with Gasteiger partial charge in [-0.1, -0.05) is 43.0 Å². The van der Waals surface area contributed by atoms with Crippen molar-refractivity contribution < 1.29 is 19.1 Å². The summed E-state index contributed by atoms with van der Waals surface area (Å²) < 4.78 is 7.56. The Morgan fingerprint density at radius 2 is 1.85 bits per heavy atom. The maximum absolute atomic E-state index is 13.0. The fourth-order valence-corrected chi connectivity index (χ4v) is 4.83. The van der Waals surface area contributed by atoms with E-state index in [0.29, 0.717) is 27.7 Å². The molecular formula is C26H24ClN3O4. The number of hydrogen-bond donors (Lipinski definition) is 2. The molecule has 174 valence electrons. The van der Waals surface area contributed by atoms with Gasteiger partial charge in [-0.25, -0.2) is 9.78 Å². The number of fused-ring (bicyclic) bond motifs is 1. The first-order valence-electron chi connectivity index (χ1n) is 11.3. The third-order valence-electron chi connectivity index (χ3n) is 6.40. The molecule has 1 fully saturated rings. The van der Waals surface area contributed by atoms with Gasteiger partial charge >= 0.3 is 5.97 Å². The van der Waals surface area contributed by atoms with E-state index in [1.165, 1.54) is 19.3 Å². The van der Waals surface area contributed by atoms with Crippen molar-refractivity contribution in [3.8, 4) is 11.4 Å². The number of amides is 1. The number of aliphatic carboxylic acids is 1. The highest BCUT2D eigenvalue weighted by Gasteiger charge is 2.25. The number of nitrogens with one attached hydrogen (secondary N) is 1. The molecule has 0 saturated heterocycles. The van der Waals surface area contributed by atoms with E-state index >= 15 is 0 Å². The van der Waals surface area contributed by atoms with Gasteiger partial charge in [0.1, 0.15) is 12.1 Å². The summed E-state index contributed by atoms with van der Waals surface area (Å²) in [4.78, 5) is 29.7. The zero-order valence-electron chi connectivity index (χ0n) is 18.4. The van der Waals surface area contributed by atoms with Gasteiger partial charge in [-0.05, 0) is 54.8 Å². The van der Waals surface area contributed by atoms with Crippen LogP contribution in [0.25, 0.3) is 22.4 Å². The number of benzene rings is 2. The van der Waals surface area contributed by atoms with Gasteiger partial charge in [-0.3, -0.25) is 4.79 Å². The van der Waals surface area contributed by atoms with Crippen LogP contribution in [0.3, 0.4) is 0 Å². The van der Waals surface area contributed by atoms with Crippen LogP contribution in [-0.2, 0) is 4.79 Å². The number of carboxylic acid groups (broad SMARTS) is 1. The third-order valence-corrected chi connectivity index (χ3v) is 6.65. The molecule has 1 unspecified atom stereocenters. The van der Waals surface area contributed by atoms with Crippen molar-refractivity contribution in [3.63, 3.8) is 0 Å². The SMILES string of the molecule is O=C(NC(C(=O)O)c1ccc(Cl)cc1)c1ccc2c(c1)nc(-c1ccoc1)n2C1CCCCC1. The molecule has 1 saturated carbocycles. The summed E-state index contributed by atoms with van der Waals surface area (Å²) in [5.74, 6) is -0.820. The quantitative estimate of drug-likeness (QED) is 0.354. The lowest BCUT2D eigenvalue weighted by atomic mass is 9.95. The molecule has 0 aliphatic heterocycles. The molecule has 4 aromatic rings. The van der Waals surface area contributed by atoms with Gasteiger partial charge in [-0.2, -0.15) is 0 Å². The van der Waals surface area contributed by atoms with E-state index in [-0.39, 0.29) is 0 Å². The lowest BCUT2D eigenvalue weighted by Gasteiger charge is -2.25. The highest BCUT2D eigenvalue weighted by atomic mass is 35.5. The largest absolute Gasteiger partial charge is 0.479 e. The first kappa shape index (κ1) is 22.2. The summed E-state index contributed by atoms with van der Waals surface area (Å²) in [5, 5.41) is 12.8. The van der Waals surface area contributed by atoms with E-state index in [0.717, 1.165) is 29.7 Å². The number of carboxylic acids is 1. The Hall–Kier alpha value is -3.58. The summed E-state index contributed by atoms with van der Waals surface area (Å²) in [6.45, 7) is 0. The Labute approximate surface area is 201 Å². The second kappa shape index (κ2) is 9.35. The van der Waals surface area contributed by atoms with Gasteiger partial charge in [0, 0.05) is 16.6 Å². The topological polar surface area (TPSA) is 97.4 Å². The van der Waals surface area contributed by atoms with Crippen molar-refractivity contribution >= 4 is 34.5 Å². The Kier molecular flexibility index (Phi) is 6.11. The number of nitrogens with zero attached hydrogens (tertiary/aromatic N) is 2. The van der Waals surface area contributed by atoms with Crippen LogP contribution in [0, 0.1) is 0 Å². The zero-order chi connectivity index (χ0) is 23.7. The van der Waals surface area contributed by atoms with E-state index < -0.39 is 17.9 Å². The molecular weight excluding hydrogens is 454 g/mol. The van der Waals surface area contributed by atoms with Crippen molar-refractivity contribution in [2.45, 2.75) is 44.2 Å². The van der Waals surface area contributed by atoms with Gasteiger partial charge in [0.05, 0.1) is 22.9 Å². The van der Waals surface area contributed by atoms with E-state index in [1.54, 1.807) is 48.9 Å². The molecule has 1 aliphatic rings. The van der Waals surface area contributed by atoms with Crippen molar-refractivity contribution in [1.29, 1.82) is 0 Å². The third kappa shape index (κ3) is 4.31. The minimum Gasteiger partial charge on any atom is -0.479 e. The molecule has 2 aromatic carbocycles. The van der Waals surface area contributed by atoms with Crippen molar-refractivity contribution in [2.24, 2.45) is 0 Å². The molecule has 0 spiro atoms. The molecule has 2 N–H and O–H groups in total. The maximum Gasteiger partial charge on any atom is 0.330 e. The van der Waals surface area contributed by atoms with Crippen LogP contribution in [0.5, 0.6) is 0 Å². The number of carbonyl (C=O) groups excluding carboxylic acids is 1. The number of hydrogen-bond acceptors (Lipinski definition) is 4. The molecule has 1 aliphatic carbocycles. The summed E-state index contributed by atoms with van der Waals surface area (Å²) in [5.41, 5.74) is 3.32. The molecule has 7 nitrogen and oxygen atoms in total. The highest BCUT2D eigenvalue weighted by Crippen LogP contribution is 2.36. The van der Waals surface area contributed by atoms with Crippen LogP contribution in [0.4, 0.5) is 0 Å². The van der Waals surface area contributed by atoms with Crippen LogP contribution < -0.4 is 5.32 Å². The van der Waals surface area contributed by atoms with Gasteiger partial charge in [0.2, 0.25) is 0 Å². The first-order valence-corrected chi connectivity index (χ1v) is 11.7. The molecule has 8 heteroatoms. The number of halogens is 1. The number of rotatable bonds is 6. The van der Waals surface area contributed by atoms with Gasteiger partial charge in [0.25, 0.3) is 5.91 Å². The minimum atomic E-state index is -1.19. The highest BCUT2D eigenvalue weighted by molar-refractivity contribution is 6.30. The monoisotopic (exact) mass is 477 g/mol. The number of imidazole rings is 1. The lowest BCUT2D eigenvalue weighted by molar-refractivity contribution is -0.139. The van der Waals surface area contributed by atoms with Crippen molar-refractivity contribution in [1.82, 2.24) is 14.9 Å². The molecule has 1 atom stereocenters. The van der Waals surface area contributed by atoms with E-state index in [2.05, 4.69) is 9.88 Å². The van der Waals surface area contributed by atoms with Gasteiger partial charge in [-0.15, -0.1) is 0 Å². The average Bonchev–Trinajstić information content (AvgIpc) is 3.51. The first-order chi connectivity index (χ1) is 16.5. The molecule has 1 amide bonds. The van der Waals surface area contributed by atoms with E-state index in [9.17, 15) is 14.7 Å². The summed E-state index contributed by atoms with van der Waals surface area (Å²) in [7, 11) is 0. The minimum absolute atomic E-state index is 0.338. The molecule has 2 aromatic heterocycles. The van der Waals surface area contributed by atoms with Crippen molar-refractivity contribution in [2.75, 3.05) is 0 Å². The fraction of sp³-hybridized carbons (Fsp3) is 0.269. The average molecular weight is 478 g/mol. The fourth-order valence-electron chi connectivity index (χ4n) is 4.70. The standard InChI is InChI=1S/C26H24ClN3O4/c27-19-9-6-16(7-10-19)23(26(32)33)29-25(31)17-8-11-22-21(14-17)28-24(18-12-13-34-15-18)30(22)20-4-2-1-3-5-20/h6-15,20,23H,1-5H2,(H,29,31)(H,32,33). The van der Waals surface area contributed by atoms with Crippen LogP contribution in [-0.4, -0.2) is 26.5 Å². The molecule has 5 rings (SSSR count). The Morgan fingerprint density at radius 1 is 1.09 bits per heavy atom. The molecule has 0 bridgehead atoms. The number of aromatic nitrogens is 2. The van der Waals surface area contributed by atoms with E-state index in [4.69, 9.17) is 21.0 Å². The Bertz CT molecular complexity index is 1320. The Balaban J connectivity index is 1.49. The van der Waals surface area contributed by atoms with Crippen molar-refractivity contribution in [3.05, 3.63) is 77.2 Å². The van der Waals surface area contributed by atoms with Gasteiger partial charge < -0.3 is 19.4 Å². The second-order valence-electron chi connectivity index (χ2n) is 8.61. The van der Waals surface area contributed by atoms with Crippen LogP contribution in [0.15, 0.2) is 65.5 Å². The number of furan rings is 1.